The molecule has 102 valence electrons. The Hall–Kier alpha value is 0.200. The van der Waals surface area contributed by atoms with Crippen LogP contribution in [0.2, 0.25) is 0 Å². The van der Waals surface area contributed by atoms with Crippen molar-refractivity contribution in [2.75, 3.05) is 6.54 Å². The van der Waals surface area contributed by atoms with Crippen LogP contribution in [0.25, 0.3) is 0 Å². The van der Waals surface area contributed by atoms with E-state index in [4.69, 9.17) is 0 Å². The fraction of sp³-hybridized carbons (Fsp3) is 0.929. The van der Waals surface area contributed by atoms with Gasteiger partial charge < -0.3 is 5.32 Å². The predicted molar refractivity (Wildman–Crippen MR) is 83.9 cm³/mol. The highest BCUT2D eigenvalue weighted by Gasteiger charge is 1.94. The molecular weight excluding hydrogens is 325 g/mol. The highest BCUT2D eigenvalue weighted by Crippen LogP contribution is 2.10. The fourth-order valence-electron chi connectivity index (χ4n) is 1.98. The molecule has 2 nitrogen and oxygen atoms in total. The van der Waals surface area contributed by atoms with Crippen molar-refractivity contribution in [2.45, 2.75) is 77.6 Å². The molecule has 0 aliphatic rings. The van der Waals surface area contributed by atoms with Crippen LogP contribution < -0.4 is 5.32 Å². The second-order valence-electron chi connectivity index (χ2n) is 4.74. The van der Waals surface area contributed by atoms with Crippen LogP contribution >= 0.6 is 22.6 Å². The minimum atomic E-state index is 0.0645. The Labute approximate surface area is 120 Å². The van der Waals surface area contributed by atoms with Crippen LogP contribution in [-0.4, -0.2) is 10.5 Å². The molecule has 17 heavy (non-hydrogen) atoms. The molecule has 0 heterocycles. The van der Waals surface area contributed by atoms with E-state index in [1.165, 1.54) is 64.2 Å². The van der Waals surface area contributed by atoms with E-state index < -0.39 is 0 Å². The Balaban J connectivity index is 2.91. The molecule has 0 saturated carbocycles. The summed E-state index contributed by atoms with van der Waals surface area (Å²) in [6.45, 7) is 3.11. The summed E-state index contributed by atoms with van der Waals surface area (Å²) in [6, 6.07) is 0. The first-order chi connectivity index (χ1) is 8.27. The lowest BCUT2D eigenvalue weighted by molar-refractivity contribution is 0.263. The molecule has 0 fully saturated rings. The van der Waals surface area contributed by atoms with E-state index in [-0.39, 0.29) is 3.91 Å². The average Bonchev–Trinajstić information content (AvgIpc) is 2.30. The van der Waals surface area contributed by atoms with Crippen molar-refractivity contribution in [3.63, 3.8) is 0 Å². The maximum Gasteiger partial charge on any atom is 0.280 e. The third kappa shape index (κ3) is 16.2. The first-order valence-corrected chi connectivity index (χ1v) is 8.28. The standard InChI is InChI=1S/C14H28INO/c1-2-3-4-5-6-7-8-9-10-11-12-13-16-14(15)17/h2-13H2,1H3,(H,16,17). The molecule has 0 atom stereocenters. The van der Waals surface area contributed by atoms with Crippen molar-refractivity contribution < 1.29 is 4.79 Å². The number of halogens is 1. The SMILES string of the molecule is CCCCCCCCCCCCCNC(=O)I. The van der Waals surface area contributed by atoms with Gasteiger partial charge in [-0.1, -0.05) is 71.1 Å². The van der Waals surface area contributed by atoms with E-state index in [2.05, 4.69) is 12.2 Å². The fourth-order valence-corrected chi connectivity index (χ4v) is 2.25. The molecular formula is C14H28INO. The van der Waals surface area contributed by atoms with Crippen LogP contribution in [0.3, 0.4) is 0 Å². The summed E-state index contributed by atoms with van der Waals surface area (Å²) in [5.41, 5.74) is 0. The monoisotopic (exact) mass is 353 g/mol. The largest absolute Gasteiger partial charge is 0.348 e. The van der Waals surface area contributed by atoms with Crippen molar-refractivity contribution in [2.24, 2.45) is 0 Å². The van der Waals surface area contributed by atoms with Crippen molar-refractivity contribution in [3.05, 3.63) is 0 Å². The van der Waals surface area contributed by atoms with Gasteiger partial charge in [0.25, 0.3) is 3.91 Å². The van der Waals surface area contributed by atoms with E-state index >= 15 is 0 Å². The minimum Gasteiger partial charge on any atom is -0.348 e. The maximum atomic E-state index is 10.6. The molecule has 0 aromatic heterocycles. The Bertz CT molecular complexity index is 174. The highest BCUT2D eigenvalue weighted by atomic mass is 127. The predicted octanol–water partition coefficient (Wildman–Crippen LogP) is 5.44. The quantitative estimate of drug-likeness (QED) is 0.215. The van der Waals surface area contributed by atoms with Gasteiger partial charge in [0, 0.05) is 29.1 Å². The van der Waals surface area contributed by atoms with Crippen molar-refractivity contribution in [1.29, 1.82) is 0 Å². The molecule has 0 spiro atoms. The number of nitrogens with one attached hydrogen (secondary N) is 1. The van der Waals surface area contributed by atoms with Crippen molar-refractivity contribution >= 4 is 26.5 Å². The van der Waals surface area contributed by atoms with Gasteiger partial charge in [-0.15, -0.1) is 0 Å². The lowest BCUT2D eigenvalue weighted by Crippen LogP contribution is -2.16. The summed E-state index contributed by atoms with van der Waals surface area (Å²) in [6.07, 6.45) is 14.9. The van der Waals surface area contributed by atoms with Crippen molar-refractivity contribution in [1.82, 2.24) is 5.32 Å². The molecule has 0 unspecified atom stereocenters. The molecule has 0 bridgehead atoms. The topological polar surface area (TPSA) is 29.1 Å². The van der Waals surface area contributed by atoms with Crippen LogP contribution in [-0.2, 0) is 0 Å². The van der Waals surface area contributed by atoms with Gasteiger partial charge in [0.15, 0.2) is 0 Å². The highest BCUT2D eigenvalue weighted by molar-refractivity contribution is 14.1. The second kappa shape index (κ2) is 14.3. The Morgan fingerprint density at radius 3 is 1.65 bits per heavy atom. The first-order valence-electron chi connectivity index (χ1n) is 7.20. The molecule has 0 aliphatic heterocycles. The first kappa shape index (κ1) is 17.2. The number of amides is 1. The van der Waals surface area contributed by atoms with Gasteiger partial charge in [-0.2, -0.15) is 0 Å². The van der Waals surface area contributed by atoms with Gasteiger partial charge in [-0.25, -0.2) is 0 Å². The van der Waals surface area contributed by atoms with Gasteiger partial charge in [0.1, 0.15) is 0 Å². The van der Waals surface area contributed by atoms with Gasteiger partial charge in [0.05, 0.1) is 0 Å². The van der Waals surface area contributed by atoms with Gasteiger partial charge >= 0.3 is 0 Å². The minimum absolute atomic E-state index is 0.0645. The molecule has 0 aliphatic carbocycles. The Morgan fingerprint density at radius 2 is 1.24 bits per heavy atom. The zero-order chi connectivity index (χ0) is 12.8. The van der Waals surface area contributed by atoms with Crippen LogP contribution in [0.15, 0.2) is 0 Å². The Morgan fingerprint density at radius 1 is 0.824 bits per heavy atom. The molecule has 0 radical (unpaired) electrons. The summed E-state index contributed by atoms with van der Waals surface area (Å²) in [4.78, 5) is 10.6. The van der Waals surface area contributed by atoms with Crippen LogP contribution in [0.5, 0.6) is 0 Å². The van der Waals surface area contributed by atoms with Crippen LogP contribution in [0.4, 0.5) is 4.79 Å². The number of carbonyl (C=O) groups excluding carboxylic acids is 1. The summed E-state index contributed by atoms with van der Waals surface area (Å²) < 4.78 is 0.0645. The van der Waals surface area contributed by atoms with E-state index in [0.29, 0.717) is 0 Å². The molecule has 0 aromatic rings. The Kier molecular flexibility index (Phi) is 14.4. The van der Waals surface area contributed by atoms with E-state index in [0.717, 1.165) is 13.0 Å². The molecule has 0 rings (SSSR count). The summed E-state index contributed by atoms with van der Waals surface area (Å²) >= 11 is 1.79. The van der Waals surface area contributed by atoms with E-state index in [1.807, 2.05) is 0 Å². The molecule has 0 saturated heterocycles. The molecule has 1 N–H and O–H groups in total. The zero-order valence-corrected chi connectivity index (χ0v) is 13.4. The van der Waals surface area contributed by atoms with Crippen LogP contribution in [0.1, 0.15) is 77.6 Å². The van der Waals surface area contributed by atoms with Crippen LogP contribution in [0, 0.1) is 0 Å². The summed E-state index contributed by atoms with van der Waals surface area (Å²) in [5.74, 6) is 0. The number of rotatable bonds is 12. The number of unbranched alkanes of at least 4 members (excludes halogenated alkanes) is 10. The molecule has 0 aromatic carbocycles. The zero-order valence-electron chi connectivity index (χ0n) is 11.3. The number of hydrogen-bond acceptors (Lipinski definition) is 1. The maximum absolute atomic E-state index is 10.6. The second-order valence-corrected chi connectivity index (χ2v) is 5.72. The molecule has 1 amide bonds. The van der Waals surface area contributed by atoms with E-state index in [9.17, 15) is 4.79 Å². The molecule has 3 heteroatoms. The van der Waals surface area contributed by atoms with Gasteiger partial charge in [-0.05, 0) is 6.42 Å². The smallest absolute Gasteiger partial charge is 0.280 e. The summed E-state index contributed by atoms with van der Waals surface area (Å²) in [7, 11) is 0. The van der Waals surface area contributed by atoms with E-state index in [1.54, 1.807) is 22.6 Å². The normalized spacial score (nSPS) is 10.5. The van der Waals surface area contributed by atoms with Gasteiger partial charge in [-0.3, -0.25) is 4.79 Å². The lowest BCUT2D eigenvalue weighted by atomic mass is 10.1. The van der Waals surface area contributed by atoms with Gasteiger partial charge in [0.2, 0.25) is 0 Å². The average molecular weight is 353 g/mol. The number of carbonyl (C=O) groups is 1. The third-order valence-electron chi connectivity index (χ3n) is 3.04. The van der Waals surface area contributed by atoms with Crippen molar-refractivity contribution in [3.8, 4) is 0 Å². The lowest BCUT2D eigenvalue weighted by Gasteiger charge is -2.03. The third-order valence-corrected chi connectivity index (χ3v) is 3.43. The summed E-state index contributed by atoms with van der Waals surface area (Å²) in [5, 5.41) is 2.82. The number of hydrogen-bond donors (Lipinski definition) is 1.